The molecule has 1 saturated carbocycles. The Balaban J connectivity index is 1.51. The van der Waals surface area contributed by atoms with Crippen LogP contribution in [0.4, 0.5) is 5.69 Å². The normalized spacial score (nSPS) is 21.5. The monoisotopic (exact) mass is 357 g/mol. The second-order valence-electron chi connectivity index (χ2n) is 6.99. The van der Waals surface area contributed by atoms with E-state index in [1.807, 2.05) is 34.7 Å². The number of para-hydroxylation sites is 1. The topological polar surface area (TPSA) is 63.9 Å². The summed E-state index contributed by atoms with van der Waals surface area (Å²) in [6.07, 6.45) is 5.62. The molecule has 2 unspecified atom stereocenters. The molecule has 0 bridgehead atoms. The van der Waals surface area contributed by atoms with Crippen molar-refractivity contribution in [3.63, 3.8) is 0 Å². The molecule has 4 rings (SSSR count). The van der Waals surface area contributed by atoms with Crippen LogP contribution >= 0.6 is 11.8 Å². The molecule has 2 aromatic rings. The number of amides is 1. The van der Waals surface area contributed by atoms with Gasteiger partial charge < -0.3 is 4.90 Å². The van der Waals surface area contributed by atoms with E-state index in [4.69, 9.17) is 0 Å². The molecule has 7 heteroatoms. The van der Waals surface area contributed by atoms with Crippen molar-refractivity contribution in [1.29, 1.82) is 0 Å². The van der Waals surface area contributed by atoms with E-state index >= 15 is 0 Å². The average Bonchev–Trinajstić information content (AvgIpc) is 3.32. The van der Waals surface area contributed by atoms with Crippen LogP contribution < -0.4 is 4.90 Å². The largest absolute Gasteiger partial charge is 0.308 e. The molecule has 2 aliphatic rings. The van der Waals surface area contributed by atoms with Gasteiger partial charge in [-0.05, 0) is 55.2 Å². The number of thioether (sulfide) groups is 1. The van der Waals surface area contributed by atoms with Crippen LogP contribution in [-0.2, 0) is 11.2 Å². The third-order valence-electron chi connectivity index (χ3n) is 5.21. The van der Waals surface area contributed by atoms with E-state index in [9.17, 15) is 4.79 Å². The first kappa shape index (κ1) is 16.6. The van der Waals surface area contributed by atoms with Gasteiger partial charge in [-0.3, -0.25) is 4.79 Å². The summed E-state index contributed by atoms with van der Waals surface area (Å²) in [6, 6.07) is 8.75. The molecule has 6 nitrogen and oxygen atoms in total. The fourth-order valence-corrected chi connectivity index (χ4v) is 4.85. The first-order chi connectivity index (χ1) is 12.1. The third kappa shape index (κ3) is 3.05. The highest BCUT2D eigenvalue weighted by molar-refractivity contribution is 8.00. The van der Waals surface area contributed by atoms with E-state index in [1.165, 1.54) is 30.2 Å². The third-order valence-corrected chi connectivity index (χ3v) is 6.24. The summed E-state index contributed by atoms with van der Waals surface area (Å²) in [5, 5.41) is 12.7. The number of fused-ring (bicyclic) bond motifs is 1. The van der Waals surface area contributed by atoms with Crippen LogP contribution in [0, 0.1) is 0 Å². The zero-order chi connectivity index (χ0) is 17.4. The Morgan fingerprint density at radius 3 is 2.84 bits per heavy atom. The summed E-state index contributed by atoms with van der Waals surface area (Å²) in [5.74, 6) is 0.128. The van der Waals surface area contributed by atoms with E-state index in [1.54, 1.807) is 0 Å². The van der Waals surface area contributed by atoms with Crippen molar-refractivity contribution in [3.05, 3.63) is 29.8 Å². The maximum atomic E-state index is 13.1. The van der Waals surface area contributed by atoms with E-state index in [-0.39, 0.29) is 17.2 Å². The van der Waals surface area contributed by atoms with Gasteiger partial charge in [-0.2, -0.15) is 0 Å². The van der Waals surface area contributed by atoms with Crippen molar-refractivity contribution in [3.8, 4) is 0 Å². The van der Waals surface area contributed by atoms with Crippen LogP contribution in [-0.4, -0.2) is 37.4 Å². The van der Waals surface area contributed by atoms with E-state index in [0.29, 0.717) is 6.04 Å². The number of nitrogens with zero attached hydrogens (tertiary/aromatic N) is 5. The van der Waals surface area contributed by atoms with Crippen LogP contribution in [0.5, 0.6) is 0 Å². The van der Waals surface area contributed by atoms with Gasteiger partial charge in [0.15, 0.2) is 0 Å². The molecule has 1 aromatic heterocycles. The van der Waals surface area contributed by atoms with Gasteiger partial charge in [-0.15, -0.1) is 5.10 Å². The van der Waals surface area contributed by atoms with Crippen molar-refractivity contribution in [2.75, 3.05) is 4.90 Å². The Hall–Kier alpha value is -1.89. The number of aromatic nitrogens is 4. The maximum absolute atomic E-state index is 13.1. The molecule has 0 N–H and O–H groups in total. The van der Waals surface area contributed by atoms with Gasteiger partial charge in [0.1, 0.15) is 0 Å². The van der Waals surface area contributed by atoms with Crippen LogP contribution in [0.3, 0.4) is 0 Å². The number of carbonyl (C=O) groups is 1. The molecular formula is C18H23N5OS. The van der Waals surface area contributed by atoms with E-state index < -0.39 is 0 Å². The Kier molecular flexibility index (Phi) is 4.50. The summed E-state index contributed by atoms with van der Waals surface area (Å²) in [6.45, 7) is 4.06. The minimum Gasteiger partial charge on any atom is -0.308 e. The highest BCUT2D eigenvalue weighted by Crippen LogP contribution is 2.36. The van der Waals surface area contributed by atoms with E-state index in [2.05, 4.69) is 28.5 Å². The van der Waals surface area contributed by atoms with Gasteiger partial charge >= 0.3 is 0 Å². The van der Waals surface area contributed by atoms with Gasteiger partial charge in [-0.1, -0.05) is 42.8 Å². The molecule has 0 radical (unpaired) electrons. The zero-order valence-corrected chi connectivity index (χ0v) is 15.4. The van der Waals surface area contributed by atoms with Gasteiger partial charge in [0.2, 0.25) is 11.1 Å². The predicted octanol–water partition coefficient (Wildman–Crippen LogP) is 3.25. The molecule has 1 aromatic carbocycles. The Morgan fingerprint density at radius 1 is 1.28 bits per heavy atom. The Labute approximate surface area is 152 Å². The number of tetrazole rings is 1. The van der Waals surface area contributed by atoms with Crippen LogP contribution in [0.1, 0.15) is 51.1 Å². The molecule has 0 spiro atoms. The van der Waals surface area contributed by atoms with Crippen molar-refractivity contribution >= 4 is 23.4 Å². The first-order valence-corrected chi connectivity index (χ1v) is 9.88. The van der Waals surface area contributed by atoms with Crippen LogP contribution in [0.2, 0.25) is 0 Å². The summed E-state index contributed by atoms with van der Waals surface area (Å²) < 4.78 is 1.92. The second-order valence-corrected chi connectivity index (χ2v) is 8.30. The standard InChI is InChI=1S/C18H23N5OS/c1-12-11-14-7-3-6-10-16(14)22(12)17(24)13(2)25-18-19-20-21-23(18)15-8-4-5-9-15/h3,6-7,10,12-13,15H,4-5,8-9,11H2,1-2H3. The molecule has 1 fully saturated rings. The lowest BCUT2D eigenvalue weighted by atomic mass is 10.1. The minimum absolute atomic E-state index is 0.128. The number of benzene rings is 1. The van der Waals surface area contributed by atoms with Crippen molar-refractivity contribution in [2.45, 2.75) is 68.4 Å². The number of anilines is 1. The molecule has 1 aliphatic heterocycles. The average molecular weight is 357 g/mol. The van der Waals surface area contributed by atoms with Gasteiger partial charge in [0, 0.05) is 11.7 Å². The number of rotatable bonds is 4. The van der Waals surface area contributed by atoms with Gasteiger partial charge in [0.25, 0.3) is 0 Å². The minimum atomic E-state index is -0.222. The summed E-state index contributed by atoms with van der Waals surface area (Å²) in [7, 11) is 0. The lowest BCUT2D eigenvalue weighted by Gasteiger charge is -2.25. The SMILES string of the molecule is CC(Sc1nnnn1C1CCCC1)C(=O)N1c2ccccc2CC1C. The Morgan fingerprint density at radius 2 is 2.04 bits per heavy atom. The van der Waals surface area contributed by atoms with Crippen LogP contribution in [0.15, 0.2) is 29.4 Å². The molecule has 2 atom stereocenters. The summed E-state index contributed by atoms with van der Waals surface area (Å²) in [5.41, 5.74) is 2.29. The Bertz CT molecular complexity index is 770. The number of hydrogen-bond acceptors (Lipinski definition) is 5. The van der Waals surface area contributed by atoms with Crippen LogP contribution in [0.25, 0.3) is 0 Å². The predicted molar refractivity (Wildman–Crippen MR) is 97.7 cm³/mol. The molecule has 1 aliphatic carbocycles. The maximum Gasteiger partial charge on any atom is 0.240 e. The highest BCUT2D eigenvalue weighted by Gasteiger charge is 2.34. The quantitative estimate of drug-likeness (QED) is 0.786. The van der Waals surface area contributed by atoms with Crippen molar-refractivity contribution in [1.82, 2.24) is 20.2 Å². The van der Waals surface area contributed by atoms with Gasteiger partial charge in [-0.25, -0.2) is 4.68 Å². The van der Waals surface area contributed by atoms with Crippen molar-refractivity contribution in [2.24, 2.45) is 0 Å². The fraction of sp³-hybridized carbons (Fsp3) is 0.556. The molecule has 25 heavy (non-hydrogen) atoms. The second kappa shape index (κ2) is 6.78. The zero-order valence-electron chi connectivity index (χ0n) is 14.6. The highest BCUT2D eigenvalue weighted by atomic mass is 32.2. The lowest BCUT2D eigenvalue weighted by Crippen LogP contribution is -2.40. The van der Waals surface area contributed by atoms with Crippen molar-refractivity contribution < 1.29 is 4.79 Å². The number of hydrogen-bond donors (Lipinski definition) is 0. The molecule has 132 valence electrons. The molecule has 2 heterocycles. The van der Waals surface area contributed by atoms with E-state index in [0.717, 1.165) is 30.1 Å². The molecular weight excluding hydrogens is 334 g/mol. The lowest BCUT2D eigenvalue weighted by molar-refractivity contribution is -0.118. The number of carbonyl (C=O) groups excluding carboxylic acids is 1. The first-order valence-electron chi connectivity index (χ1n) is 9.00. The fourth-order valence-electron chi connectivity index (χ4n) is 3.95. The van der Waals surface area contributed by atoms with Gasteiger partial charge in [0.05, 0.1) is 11.3 Å². The summed E-state index contributed by atoms with van der Waals surface area (Å²) in [4.78, 5) is 15.0. The molecule has 1 amide bonds. The smallest absolute Gasteiger partial charge is 0.240 e. The summed E-state index contributed by atoms with van der Waals surface area (Å²) >= 11 is 1.47. The molecule has 0 saturated heterocycles.